The molecule has 37 heavy (non-hydrogen) atoms. The predicted molar refractivity (Wildman–Crippen MR) is 141 cm³/mol. The third-order valence-electron chi connectivity index (χ3n) is 6.49. The number of halogens is 1. The Morgan fingerprint density at radius 3 is 2.32 bits per heavy atom. The number of hydrogen-bond acceptors (Lipinski definition) is 6. The molecule has 1 aliphatic heterocycles. The maximum absolute atomic E-state index is 12.8. The molecule has 1 unspecified atom stereocenters. The molecule has 194 valence electrons. The van der Waals surface area contributed by atoms with Crippen LogP contribution < -0.4 is 5.56 Å². The minimum absolute atomic E-state index is 0.267. The molecule has 4 rings (SSSR count). The lowest BCUT2D eigenvalue weighted by molar-refractivity contribution is 0.0342. The van der Waals surface area contributed by atoms with Gasteiger partial charge in [0.2, 0.25) is 5.75 Å². The molecule has 1 aromatic heterocycles. The van der Waals surface area contributed by atoms with Crippen molar-refractivity contribution in [1.82, 2.24) is 19.8 Å². The van der Waals surface area contributed by atoms with Crippen molar-refractivity contribution in [2.45, 2.75) is 18.9 Å². The molecular formula is C29H33FN4O3. The molecule has 3 aromatic rings. The fourth-order valence-electron chi connectivity index (χ4n) is 4.43. The molecule has 8 heteroatoms. The number of rotatable bonds is 9. The van der Waals surface area contributed by atoms with Crippen LogP contribution in [0.2, 0.25) is 0 Å². The minimum Gasteiger partial charge on any atom is -0.502 e. The summed E-state index contributed by atoms with van der Waals surface area (Å²) < 4.78 is 18.3. The number of ether oxygens (including phenoxy) is 1. The van der Waals surface area contributed by atoms with Crippen LogP contribution in [0.5, 0.6) is 5.75 Å². The standard InChI is InChI=1S/C29H33FN4O3/c1-33(13-12-30)20-26(27-28(35)29(36)32-21-31-27)18-24-8-4-22(5-9-24)2-3-23-6-10-25(11-7-23)19-34-14-16-37-17-15-34/h4-11,21,26,35H,12-20H2,1H3,(H,31,32,36). The lowest BCUT2D eigenvalue weighted by Gasteiger charge is -2.26. The van der Waals surface area contributed by atoms with E-state index in [0.29, 0.717) is 18.7 Å². The average Bonchev–Trinajstić information content (AvgIpc) is 2.91. The number of morpholine rings is 1. The summed E-state index contributed by atoms with van der Waals surface area (Å²) >= 11 is 0. The molecule has 0 spiro atoms. The summed E-state index contributed by atoms with van der Waals surface area (Å²) in [7, 11) is 1.81. The van der Waals surface area contributed by atoms with Gasteiger partial charge in [0.15, 0.2) is 0 Å². The maximum Gasteiger partial charge on any atom is 0.293 e. The van der Waals surface area contributed by atoms with Gasteiger partial charge in [-0.3, -0.25) is 9.69 Å². The van der Waals surface area contributed by atoms with Gasteiger partial charge in [0.05, 0.1) is 25.2 Å². The zero-order valence-electron chi connectivity index (χ0n) is 21.1. The van der Waals surface area contributed by atoms with E-state index in [4.69, 9.17) is 4.74 Å². The van der Waals surface area contributed by atoms with E-state index in [9.17, 15) is 14.3 Å². The molecule has 1 saturated heterocycles. The van der Waals surface area contributed by atoms with Gasteiger partial charge in [-0.2, -0.15) is 0 Å². The summed E-state index contributed by atoms with van der Waals surface area (Å²) in [6.45, 7) is 4.70. The molecule has 2 heterocycles. The van der Waals surface area contributed by atoms with Crippen molar-refractivity contribution in [3.8, 4) is 17.6 Å². The average molecular weight is 505 g/mol. The largest absolute Gasteiger partial charge is 0.502 e. The molecular weight excluding hydrogens is 471 g/mol. The summed E-state index contributed by atoms with van der Waals surface area (Å²) in [6, 6.07) is 16.3. The Morgan fingerprint density at radius 1 is 1.08 bits per heavy atom. The van der Waals surface area contributed by atoms with Crippen LogP contribution in [-0.2, 0) is 17.7 Å². The highest BCUT2D eigenvalue weighted by molar-refractivity contribution is 5.44. The van der Waals surface area contributed by atoms with Crippen molar-refractivity contribution in [3.63, 3.8) is 0 Å². The summed E-state index contributed by atoms with van der Waals surface area (Å²) in [5.41, 5.74) is 3.87. The van der Waals surface area contributed by atoms with E-state index < -0.39 is 12.2 Å². The van der Waals surface area contributed by atoms with Crippen molar-refractivity contribution in [2.24, 2.45) is 0 Å². The monoisotopic (exact) mass is 504 g/mol. The van der Waals surface area contributed by atoms with Gasteiger partial charge in [-0.25, -0.2) is 9.37 Å². The summed E-state index contributed by atoms with van der Waals surface area (Å²) in [5.74, 6) is 5.78. The van der Waals surface area contributed by atoms with E-state index in [1.807, 2.05) is 36.2 Å². The number of nitrogens with one attached hydrogen (secondary N) is 1. The minimum atomic E-state index is -0.581. The van der Waals surface area contributed by atoms with Gasteiger partial charge in [-0.15, -0.1) is 0 Å². The number of likely N-dealkylation sites (N-methyl/N-ethyl adjacent to an activating group) is 1. The first-order valence-electron chi connectivity index (χ1n) is 12.5. The van der Waals surface area contributed by atoms with Gasteiger partial charge < -0.3 is 19.7 Å². The van der Waals surface area contributed by atoms with Crippen molar-refractivity contribution < 1.29 is 14.2 Å². The summed E-state index contributed by atoms with van der Waals surface area (Å²) in [6.07, 6.45) is 1.83. The third-order valence-corrected chi connectivity index (χ3v) is 6.49. The molecule has 7 nitrogen and oxygen atoms in total. The first-order valence-corrected chi connectivity index (χ1v) is 12.5. The van der Waals surface area contributed by atoms with E-state index in [0.717, 1.165) is 49.5 Å². The van der Waals surface area contributed by atoms with Crippen LogP contribution >= 0.6 is 0 Å². The molecule has 0 aliphatic carbocycles. The number of benzene rings is 2. The van der Waals surface area contributed by atoms with Crippen LogP contribution in [0.4, 0.5) is 4.39 Å². The topological polar surface area (TPSA) is 81.7 Å². The normalized spacial score (nSPS) is 14.8. The van der Waals surface area contributed by atoms with Crippen LogP contribution in [0.15, 0.2) is 59.7 Å². The number of nitrogens with zero attached hydrogens (tertiary/aromatic N) is 3. The van der Waals surface area contributed by atoms with Crippen LogP contribution in [0.3, 0.4) is 0 Å². The van der Waals surface area contributed by atoms with E-state index in [-0.39, 0.29) is 18.2 Å². The number of hydrogen-bond donors (Lipinski definition) is 2. The molecule has 0 amide bonds. The lowest BCUT2D eigenvalue weighted by Crippen LogP contribution is -2.35. The first kappa shape index (κ1) is 26.6. The number of H-pyrrole nitrogens is 1. The number of aromatic amines is 1. The van der Waals surface area contributed by atoms with Crippen molar-refractivity contribution >= 4 is 0 Å². The quantitative estimate of drug-likeness (QED) is 0.436. The highest BCUT2D eigenvalue weighted by Crippen LogP contribution is 2.25. The van der Waals surface area contributed by atoms with Crippen molar-refractivity contribution in [1.29, 1.82) is 0 Å². The van der Waals surface area contributed by atoms with E-state index >= 15 is 0 Å². The van der Waals surface area contributed by atoms with Gasteiger partial charge in [-0.1, -0.05) is 36.1 Å². The molecule has 0 radical (unpaired) electrons. The van der Waals surface area contributed by atoms with E-state index in [1.54, 1.807) is 0 Å². The molecule has 1 atom stereocenters. The highest BCUT2D eigenvalue weighted by Gasteiger charge is 2.21. The zero-order valence-corrected chi connectivity index (χ0v) is 21.1. The smallest absolute Gasteiger partial charge is 0.293 e. The van der Waals surface area contributed by atoms with Crippen molar-refractivity contribution in [2.75, 3.05) is 53.1 Å². The fraction of sp³-hybridized carbons (Fsp3) is 0.379. The molecule has 0 saturated carbocycles. The van der Waals surface area contributed by atoms with Crippen LogP contribution in [0.25, 0.3) is 0 Å². The lowest BCUT2D eigenvalue weighted by atomic mass is 9.94. The Bertz CT molecular complexity index is 1260. The second kappa shape index (κ2) is 13.2. The Balaban J connectivity index is 1.41. The maximum atomic E-state index is 12.8. The van der Waals surface area contributed by atoms with Gasteiger partial charge >= 0.3 is 0 Å². The Kier molecular flexibility index (Phi) is 9.44. The van der Waals surface area contributed by atoms with Gasteiger partial charge in [0.1, 0.15) is 6.67 Å². The fourth-order valence-corrected chi connectivity index (χ4v) is 4.43. The summed E-state index contributed by atoms with van der Waals surface area (Å²) in [5, 5.41) is 10.3. The number of alkyl halides is 1. The molecule has 2 aromatic carbocycles. The second-order valence-corrected chi connectivity index (χ2v) is 9.35. The van der Waals surface area contributed by atoms with Crippen LogP contribution in [-0.4, -0.2) is 78.0 Å². The third kappa shape index (κ3) is 7.73. The molecule has 1 aliphatic rings. The Hall–Kier alpha value is -3.51. The summed E-state index contributed by atoms with van der Waals surface area (Å²) in [4.78, 5) is 22.7. The predicted octanol–water partition coefficient (Wildman–Crippen LogP) is 2.94. The van der Waals surface area contributed by atoms with Crippen LogP contribution in [0.1, 0.15) is 33.9 Å². The number of aromatic hydroxyl groups is 1. The van der Waals surface area contributed by atoms with Gasteiger partial charge in [0, 0.05) is 49.8 Å². The molecule has 2 N–H and O–H groups in total. The van der Waals surface area contributed by atoms with Crippen molar-refractivity contribution in [3.05, 3.63) is 93.2 Å². The SMILES string of the molecule is CN(CCF)CC(Cc1ccc(C#Cc2ccc(CN3CCOCC3)cc2)cc1)c1nc[nH]c(=O)c1O. The van der Waals surface area contributed by atoms with Gasteiger partial charge in [0.25, 0.3) is 5.56 Å². The molecule has 0 bridgehead atoms. The Morgan fingerprint density at radius 2 is 1.70 bits per heavy atom. The second-order valence-electron chi connectivity index (χ2n) is 9.35. The van der Waals surface area contributed by atoms with Crippen LogP contribution in [0, 0.1) is 11.8 Å². The first-order chi connectivity index (χ1) is 18.0. The zero-order chi connectivity index (χ0) is 26.0. The highest BCUT2D eigenvalue weighted by atomic mass is 19.1. The van der Waals surface area contributed by atoms with E-state index in [2.05, 4.69) is 51.0 Å². The Labute approximate surface area is 216 Å². The number of aromatic nitrogens is 2. The van der Waals surface area contributed by atoms with Gasteiger partial charge in [-0.05, 0) is 48.9 Å². The molecule has 1 fully saturated rings. The van der Waals surface area contributed by atoms with E-state index in [1.165, 1.54) is 11.9 Å².